The van der Waals surface area contributed by atoms with Crippen LogP contribution < -0.4 is 0 Å². The van der Waals surface area contributed by atoms with Gasteiger partial charge in [0.05, 0.1) is 0 Å². The standard InChI is InChI=1S/C6H13Cl2N2/c1-9-2-4-10(8,6-7)5-3-9/h2-6H2,1H3/q+1. The van der Waals surface area contributed by atoms with E-state index in [1.165, 1.54) is 0 Å². The Morgan fingerprint density at radius 1 is 1.40 bits per heavy atom. The Bertz CT molecular complexity index is 110. The Hall–Kier alpha value is 0.500. The van der Waals surface area contributed by atoms with Gasteiger partial charge in [0, 0.05) is 13.1 Å². The molecule has 0 radical (unpaired) electrons. The minimum Gasteiger partial charge on any atom is -0.295 e. The van der Waals surface area contributed by atoms with Gasteiger partial charge in [-0.25, -0.2) is 4.00 Å². The molecule has 1 saturated heterocycles. The monoisotopic (exact) mass is 183 g/mol. The first-order valence-corrected chi connectivity index (χ1v) is 4.34. The minimum absolute atomic E-state index is 0.506. The van der Waals surface area contributed by atoms with Gasteiger partial charge in [-0.1, -0.05) is 11.6 Å². The number of piperazine rings is 1. The molecule has 4 heteroatoms. The van der Waals surface area contributed by atoms with Crippen molar-refractivity contribution in [1.29, 1.82) is 0 Å². The van der Waals surface area contributed by atoms with E-state index in [-0.39, 0.29) is 0 Å². The first-order valence-electron chi connectivity index (χ1n) is 3.46. The average molecular weight is 184 g/mol. The Balaban J connectivity index is 2.38. The van der Waals surface area contributed by atoms with Crippen LogP contribution in [0.5, 0.6) is 0 Å². The van der Waals surface area contributed by atoms with Crippen molar-refractivity contribution in [2.24, 2.45) is 0 Å². The molecule has 0 aromatic carbocycles. The van der Waals surface area contributed by atoms with Crippen molar-refractivity contribution in [1.82, 2.24) is 4.90 Å². The smallest absolute Gasteiger partial charge is 0.171 e. The molecule has 0 saturated carbocycles. The van der Waals surface area contributed by atoms with Gasteiger partial charge in [0.15, 0.2) is 17.8 Å². The van der Waals surface area contributed by atoms with Crippen LogP contribution in [0, 0.1) is 0 Å². The zero-order valence-electron chi connectivity index (χ0n) is 6.19. The summed E-state index contributed by atoms with van der Waals surface area (Å²) in [7, 11) is 2.11. The zero-order valence-corrected chi connectivity index (χ0v) is 7.70. The second kappa shape index (κ2) is 3.26. The summed E-state index contributed by atoms with van der Waals surface area (Å²) in [6.45, 7) is 4.02. The number of hydrogen-bond donors (Lipinski definition) is 0. The molecular formula is C6H13Cl2N2+. The number of likely N-dealkylation sites (N-methyl/N-ethyl adjacent to an activating group) is 1. The largest absolute Gasteiger partial charge is 0.295 e. The Morgan fingerprint density at radius 3 is 2.30 bits per heavy atom. The van der Waals surface area contributed by atoms with Crippen LogP contribution in [0.4, 0.5) is 0 Å². The highest BCUT2D eigenvalue weighted by atomic mass is 35.5. The molecule has 1 rings (SSSR count). The van der Waals surface area contributed by atoms with Gasteiger partial charge in [-0.15, -0.1) is 0 Å². The normalized spacial score (nSPS) is 26.7. The fourth-order valence-electron chi connectivity index (χ4n) is 1.04. The van der Waals surface area contributed by atoms with Crippen LogP contribution in [-0.4, -0.2) is 48.1 Å². The maximum atomic E-state index is 6.10. The number of nitrogens with zero attached hydrogens (tertiary/aromatic N) is 2. The SMILES string of the molecule is CN1CC[N+](Cl)(CCl)CC1. The Kier molecular flexibility index (Phi) is 2.81. The van der Waals surface area contributed by atoms with Crippen molar-refractivity contribution < 1.29 is 4.00 Å². The first-order chi connectivity index (χ1) is 4.66. The second-order valence-electron chi connectivity index (χ2n) is 2.90. The van der Waals surface area contributed by atoms with Crippen LogP contribution >= 0.6 is 23.4 Å². The first kappa shape index (κ1) is 8.60. The summed E-state index contributed by atoms with van der Waals surface area (Å²) in [4.78, 5) is 2.27. The Morgan fingerprint density at radius 2 is 1.90 bits per heavy atom. The lowest BCUT2D eigenvalue weighted by Gasteiger charge is -2.34. The van der Waals surface area contributed by atoms with Crippen molar-refractivity contribution in [3.8, 4) is 0 Å². The van der Waals surface area contributed by atoms with Gasteiger partial charge in [-0.2, -0.15) is 0 Å². The maximum Gasteiger partial charge on any atom is 0.171 e. The molecule has 0 unspecified atom stereocenters. The van der Waals surface area contributed by atoms with E-state index in [4.69, 9.17) is 23.4 Å². The predicted molar refractivity (Wildman–Crippen MR) is 44.1 cm³/mol. The molecule has 1 heterocycles. The molecule has 0 atom stereocenters. The van der Waals surface area contributed by atoms with Crippen LogP contribution in [0.15, 0.2) is 0 Å². The molecule has 2 nitrogen and oxygen atoms in total. The summed E-state index contributed by atoms with van der Waals surface area (Å²) in [6.07, 6.45) is 0. The number of hydrogen-bond acceptors (Lipinski definition) is 1. The molecule has 0 aromatic rings. The number of alkyl halides is 1. The second-order valence-corrected chi connectivity index (χ2v) is 3.86. The zero-order chi connectivity index (χ0) is 7.61. The fourth-order valence-corrected chi connectivity index (χ4v) is 1.43. The summed E-state index contributed by atoms with van der Waals surface area (Å²) in [5, 5.41) is 0. The van der Waals surface area contributed by atoms with E-state index >= 15 is 0 Å². The van der Waals surface area contributed by atoms with Crippen LogP contribution in [0.25, 0.3) is 0 Å². The highest BCUT2D eigenvalue weighted by Gasteiger charge is 2.29. The van der Waals surface area contributed by atoms with Crippen LogP contribution in [-0.2, 0) is 0 Å². The van der Waals surface area contributed by atoms with E-state index in [1.807, 2.05) is 0 Å². The highest BCUT2D eigenvalue weighted by molar-refractivity contribution is 6.19. The minimum atomic E-state index is 0.506. The number of halogens is 2. The molecule has 0 bridgehead atoms. The van der Waals surface area contributed by atoms with Crippen molar-refractivity contribution in [2.75, 3.05) is 39.2 Å². The molecule has 0 aromatic heterocycles. The van der Waals surface area contributed by atoms with Crippen molar-refractivity contribution in [2.45, 2.75) is 0 Å². The van der Waals surface area contributed by atoms with E-state index in [9.17, 15) is 0 Å². The Labute approximate surface area is 72.0 Å². The van der Waals surface area contributed by atoms with Crippen LogP contribution in [0.3, 0.4) is 0 Å². The lowest BCUT2D eigenvalue weighted by Crippen LogP contribution is -2.51. The summed E-state index contributed by atoms with van der Waals surface area (Å²) < 4.78 is 0.506. The number of quaternary nitrogens is 1. The maximum absolute atomic E-state index is 6.10. The lowest BCUT2D eigenvalue weighted by molar-refractivity contribution is -0.808. The van der Waals surface area contributed by atoms with Gasteiger partial charge in [0.2, 0.25) is 0 Å². The van der Waals surface area contributed by atoms with E-state index in [0.29, 0.717) is 10.0 Å². The molecule has 0 spiro atoms. The van der Waals surface area contributed by atoms with Crippen molar-refractivity contribution >= 4 is 23.4 Å². The summed E-state index contributed by atoms with van der Waals surface area (Å²) in [5.41, 5.74) is 0. The average Bonchev–Trinajstić information content (AvgIpc) is 1.96. The molecule has 0 amide bonds. The third-order valence-electron chi connectivity index (χ3n) is 1.98. The van der Waals surface area contributed by atoms with Crippen LogP contribution in [0.1, 0.15) is 0 Å². The van der Waals surface area contributed by atoms with Gasteiger partial charge in [0.1, 0.15) is 13.1 Å². The van der Waals surface area contributed by atoms with E-state index in [2.05, 4.69) is 11.9 Å². The van der Waals surface area contributed by atoms with E-state index < -0.39 is 0 Å². The van der Waals surface area contributed by atoms with Gasteiger partial charge < -0.3 is 0 Å². The van der Waals surface area contributed by atoms with Gasteiger partial charge in [-0.05, 0) is 7.05 Å². The molecule has 0 N–H and O–H groups in total. The highest BCUT2D eigenvalue weighted by Crippen LogP contribution is 2.16. The van der Waals surface area contributed by atoms with E-state index in [0.717, 1.165) is 26.2 Å². The molecule has 1 aliphatic heterocycles. The van der Waals surface area contributed by atoms with Gasteiger partial charge in [0.25, 0.3) is 0 Å². The summed E-state index contributed by atoms with van der Waals surface area (Å²) in [5.74, 6) is 0. The third kappa shape index (κ3) is 1.99. The molecule has 1 fully saturated rings. The molecule has 1 aliphatic rings. The fraction of sp³-hybridized carbons (Fsp3) is 1.00. The molecular weight excluding hydrogens is 171 g/mol. The summed E-state index contributed by atoms with van der Waals surface area (Å²) in [6, 6.07) is 0.523. The third-order valence-corrected chi connectivity index (χ3v) is 3.02. The van der Waals surface area contributed by atoms with Gasteiger partial charge >= 0.3 is 0 Å². The van der Waals surface area contributed by atoms with Crippen LogP contribution in [0.2, 0.25) is 0 Å². The molecule has 0 aliphatic carbocycles. The van der Waals surface area contributed by atoms with E-state index in [1.54, 1.807) is 0 Å². The lowest BCUT2D eigenvalue weighted by atomic mass is 10.4. The number of rotatable bonds is 1. The van der Waals surface area contributed by atoms with Gasteiger partial charge in [-0.3, -0.25) is 4.90 Å². The predicted octanol–water partition coefficient (Wildman–Crippen LogP) is 1.10. The topological polar surface area (TPSA) is 3.24 Å². The molecule has 60 valence electrons. The quantitative estimate of drug-likeness (QED) is 0.335. The van der Waals surface area contributed by atoms with Crippen molar-refractivity contribution in [3.63, 3.8) is 0 Å². The molecule has 10 heavy (non-hydrogen) atoms. The van der Waals surface area contributed by atoms with Crippen molar-refractivity contribution in [3.05, 3.63) is 0 Å². The summed E-state index contributed by atoms with van der Waals surface area (Å²) >= 11 is 11.8.